The van der Waals surface area contributed by atoms with Gasteiger partial charge in [-0.3, -0.25) is 14.8 Å². The Morgan fingerprint density at radius 3 is 2.73 bits per heavy atom. The third kappa shape index (κ3) is 3.51. The van der Waals surface area contributed by atoms with Crippen LogP contribution >= 0.6 is 22.9 Å². The predicted octanol–water partition coefficient (Wildman–Crippen LogP) is 3.78. The average Bonchev–Trinajstić information content (AvgIpc) is 3.32. The summed E-state index contributed by atoms with van der Waals surface area (Å²) in [6.07, 6.45) is 6.85. The SMILES string of the molecule is O=C(NN1CCCCC1)c1cn(-c2nccs2)c(-c2ccccc2Cl)n1. The van der Waals surface area contributed by atoms with Gasteiger partial charge in [-0.05, 0) is 25.0 Å². The zero-order valence-corrected chi connectivity index (χ0v) is 15.6. The second-order valence-electron chi connectivity index (χ2n) is 6.10. The van der Waals surface area contributed by atoms with E-state index in [4.69, 9.17) is 11.6 Å². The summed E-state index contributed by atoms with van der Waals surface area (Å²) in [4.78, 5) is 21.6. The van der Waals surface area contributed by atoms with Crippen molar-refractivity contribution in [2.24, 2.45) is 0 Å². The van der Waals surface area contributed by atoms with Crippen molar-refractivity contribution in [2.75, 3.05) is 13.1 Å². The molecular formula is C18H18ClN5OS. The third-order valence-electron chi connectivity index (χ3n) is 4.29. The number of aromatic nitrogens is 3. The molecule has 6 nitrogen and oxygen atoms in total. The zero-order chi connectivity index (χ0) is 17.9. The van der Waals surface area contributed by atoms with Gasteiger partial charge in [-0.1, -0.05) is 30.2 Å². The second-order valence-corrected chi connectivity index (χ2v) is 7.38. The van der Waals surface area contributed by atoms with Gasteiger partial charge in [0.25, 0.3) is 5.91 Å². The minimum atomic E-state index is -0.212. The van der Waals surface area contributed by atoms with Gasteiger partial charge in [-0.15, -0.1) is 11.3 Å². The highest BCUT2D eigenvalue weighted by molar-refractivity contribution is 7.12. The van der Waals surface area contributed by atoms with Crippen LogP contribution in [0.25, 0.3) is 16.5 Å². The van der Waals surface area contributed by atoms with E-state index in [1.165, 1.54) is 17.8 Å². The normalized spacial score (nSPS) is 15.1. The van der Waals surface area contributed by atoms with Crippen molar-refractivity contribution in [3.05, 3.63) is 52.8 Å². The zero-order valence-electron chi connectivity index (χ0n) is 14.1. The van der Waals surface area contributed by atoms with Crippen LogP contribution < -0.4 is 5.43 Å². The van der Waals surface area contributed by atoms with Crippen LogP contribution in [0.1, 0.15) is 29.8 Å². The molecule has 0 unspecified atom stereocenters. The molecule has 4 rings (SSSR count). The highest BCUT2D eigenvalue weighted by Crippen LogP contribution is 2.29. The number of thiazole rings is 1. The molecule has 26 heavy (non-hydrogen) atoms. The summed E-state index contributed by atoms with van der Waals surface area (Å²) in [5, 5.41) is 5.17. The Labute approximate surface area is 160 Å². The lowest BCUT2D eigenvalue weighted by atomic mass is 10.2. The molecule has 0 atom stereocenters. The number of amides is 1. The lowest BCUT2D eigenvalue weighted by molar-refractivity contribution is 0.0745. The van der Waals surface area contributed by atoms with Gasteiger partial charge in [0, 0.05) is 36.4 Å². The fourth-order valence-corrected chi connectivity index (χ4v) is 3.85. The Morgan fingerprint density at radius 2 is 2.00 bits per heavy atom. The van der Waals surface area contributed by atoms with Crippen molar-refractivity contribution in [2.45, 2.75) is 19.3 Å². The van der Waals surface area contributed by atoms with Crippen molar-refractivity contribution >= 4 is 28.8 Å². The van der Waals surface area contributed by atoms with Gasteiger partial charge in [0.1, 0.15) is 11.5 Å². The maximum absolute atomic E-state index is 12.7. The molecule has 1 fully saturated rings. The van der Waals surface area contributed by atoms with E-state index in [1.54, 1.807) is 12.4 Å². The number of hydrogen-bond acceptors (Lipinski definition) is 5. The molecule has 1 N–H and O–H groups in total. The van der Waals surface area contributed by atoms with Crippen molar-refractivity contribution in [1.82, 2.24) is 25.0 Å². The standard InChI is InChI=1S/C18H18ClN5OS/c19-14-7-3-2-6-13(14)16-21-15(12-24(16)18-20-8-11-26-18)17(25)22-23-9-4-1-5-10-23/h2-3,6-8,11-12H,1,4-5,9-10H2,(H,22,25). The van der Waals surface area contributed by atoms with Crippen molar-refractivity contribution < 1.29 is 4.79 Å². The molecule has 3 heterocycles. The van der Waals surface area contributed by atoms with Crippen LogP contribution in [-0.2, 0) is 0 Å². The molecule has 1 aliphatic rings. The smallest absolute Gasteiger partial charge is 0.283 e. The van der Waals surface area contributed by atoms with Crippen LogP contribution in [0, 0.1) is 0 Å². The van der Waals surface area contributed by atoms with Gasteiger partial charge in [0.2, 0.25) is 0 Å². The molecule has 0 aliphatic carbocycles. The summed E-state index contributed by atoms with van der Waals surface area (Å²) in [5.74, 6) is 0.393. The monoisotopic (exact) mass is 387 g/mol. The summed E-state index contributed by atoms with van der Waals surface area (Å²) < 4.78 is 1.82. The number of halogens is 1. The van der Waals surface area contributed by atoms with Crippen molar-refractivity contribution in [3.8, 4) is 16.5 Å². The largest absolute Gasteiger partial charge is 0.285 e. The summed E-state index contributed by atoms with van der Waals surface area (Å²) in [6, 6.07) is 7.47. The molecular weight excluding hydrogens is 370 g/mol. The highest BCUT2D eigenvalue weighted by atomic mass is 35.5. The Kier molecular flexibility index (Phi) is 5.01. The first kappa shape index (κ1) is 17.2. The van der Waals surface area contributed by atoms with E-state index >= 15 is 0 Å². The number of rotatable bonds is 4. The molecule has 1 amide bonds. The van der Waals surface area contributed by atoms with Crippen LogP contribution in [0.2, 0.25) is 5.02 Å². The summed E-state index contributed by atoms with van der Waals surface area (Å²) in [5.41, 5.74) is 4.07. The predicted molar refractivity (Wildman–Crippen MR) is 103 cm³/mol. The van der Waals surface area contributed by atoms with Gasteiger partial charge in [0.15, 0.2) is 5.13 Å². The number of carbonyl (C=O) groups is 1. The van der Waals surface area contributed by atoms with Crippen LogP contribution in [-0.4, -0.2) is 38.5 Å². The van der Waals surface area contributed by atoms with E-state index in [0.29, 0.717) is 16.5 Å². The van der Waals surface area contributed by atoms with Crippen molar-refractivity contribution in [3.63, 3.8) is 0 Å². The lowest BCUT2D eigenvalue weighted by Crippen LogP contribution is -2.45. The summed E-state index contributed by atoms with van der Waals surface area (Å²) in [7, 11) is 0. The number of hydrogen-bond donors (Lipinski definition) is 1. The quantitative estimate of drug-likeness (QED) is 0.740. The van der Waals surface area contributed by atoms with E-state index in [9.17, 15) is 4.79 Å². The molecule has 134 valence electrons. The number of hydrazine groups is 1. The van der Waals surface area contributed by atoms with Gasteiger partial charge in [-0.2, -0.15) is 0 Å². The second kappa shape index (κ2) is 7.57. The number of nitrogens with one attached hydrogen (secondary N) is 1. The average molecular weight is 388 g/mol. The highest BCUT2D eigenvalue weighted by Gasteiger charge is 2.21. The number of carbonyl (C=O) groups excluding carboxylic acids is 1. The lowest BCUT2D eigenvalue weighted by Gasteiger charge is -2.26. The van der Waals surface area contributed by atoms with Crippen LogP contribution in [0.5, 0.6) is 0 Å². The number of piperidine rings is 1. The Balaban J connectivity index is 1.69. The van der Waals surface area contributed by atoms with Crippen molar-refractivity contribution in [1.29, 1.82) is 0 Å². The Hall–Kier alpha value is -2.22. The summed E-state index contributed by atoms with van der Waals surface area (Å²) in [6.45, 7) is 1.74. The first-order valence-electron chi connectivity index (χ1n) is 8.52. The van der Waals surface area contributed by atoms with Gasteiger partial charge < -0.3 is 0 Å². The molecule has 0 radical (unpaired) electrons. The van der Waals surface area contributed by atoms with E-state index in [2.05, 4.69) is 15.4 Å². The molecule has 8 heteroatoms. The number of imidazole rings is 1. The Morgan fingerprint density at radius 1 is 1.19 bits per heavy atom. The van der Waals surface area contributed by atoms with Gasteiger partial charge >= 0.3 is 0 Å². The van der Waals surface area contributed by atoms with Gasteiger partial charge in [0.05, 0.1) is 5.02 Å². The first-order chi connectivity index (χ1) is 12.7. The molecule has 2 aromatic heterocycles. The Bertz CT molecular complexity index is 902. The minimum Gasteiger partial charge on any atom is -0.283 e. The van der Waals surface area contributed by atoms with Crippen LogP contribution in [0.3, 0.4) is 0 Å². The van der Waals surface area contributed by atoms with E-state index in [0.717, 1.165) is 36.6 Å². The molecule has 0 saturated carbocycles. The van der Waals surface area contributed by atoms with Crippen LogP contribution in [0.15, 0.2) is 42.0 Å². The summed E-state index contributed by atoms with van der Waals surface area (Å²) >= 11 is 7.84. The fourth-order valence-electron chi connectivity index (χ4n) is 3.01. The van der Waals surface area contributed by atoms with E-state index in [1.807, 2.05) is 39.2 Å². The third-order valence-corrected chi connectivity index (χ3v) is 5.39. The molecule has 0 spiro atoms. The van der Waals surface area contributed by atoms with Crippen LogP contribution in [0.4, 0.5) is 0 Å². The topological polar surface area (TPSA) is 63.1 Å². The fraction of sp³-hybridized carbons (Fsp3) is 0.278. The molecule has 1 aromatic carbocycles. The van der Waals surface area contributed by atoms with Gasteiger partial charge in [-0.25, -0.2) is 15.0 Å². The van der Waals surface area contributed by atoms with E-state index in [-0.39, 0.29) is 5.91 Å². The maximum atomic E-state index is 12.7. The number of benzene rings is 1. The van der Waals surface area contributed by atoms with E-state index < -0.39 is 0 Å². The molecule has 1 aliphatic heterocycles. The maximum Gasteiger partial charge on any atom is 0.285 e. The molecule has 0 bridgehead atoms. The minimum absolute atomic E-state index is 0.212. The number of nitrogens with zero attached hydrogens (tertiary/aromatic N) is 4. The molecule has 1 saturated heterocycles. The molecule has 3 aromatic rings. The first-order valence-corrected chi connectivity index (χ1v) is 9.78.